The molecule has 0 aliphatic rings. The summed E-state index contributed by atoms with van der Waals surface area (Å²) < 4.78 is 10.5. The Kier molecular flexibility index (Phi) is 4.69. The molecule has 1 unspecified atom stereocenters. The Balaban J connectivity index is 2.12. The van der Waals surface area contributed by atoms with Gasteiger partial charge in [-0.2, -0.15) is 10.2 Å². The average Bonchev–Trinajstić information content (AvgIpc) is 2.88. The van der Waals surface area contributed by atoms with Gasteiger partial charge in [0.15, 0.2) is 0 Å². The van der Waals surface area contributed by atoms with Crippen molar-refractivity contribution in [3.8, 4) is 23.2 Å². The van der Waals surface area contributed by atoms with Crippen LogP contribution in [0.5, 0.6) is 5.75 Å². The van der Waals surface area contributed by atoms with Crippen LogP contribution in [0.1, 0.15) is 19.2 Å². The van der Waals surface area contributed by atoms with Crippen molar-refractivity contribution in [2.24, 2.45) is 0 Å². The molecule has 1 heterocycles. The molecule has 6 heteroatoms. The Morgan fingerprint density at radius 3 is 3.10 bits per heavy atom. The fraction of sp³-hybridized carbons (Fsp3) is 0.357. The highest BCUT2D eigenvalue weighted by atomic mass is 16.5. The number of nitrogens with zero attached hydrogens (tertiary/aromatic N) is 3. The summed E-state index contributed by atoms with van der Waals surface area (Å²) in [5.41, 5.74) is 0.778. The Bertz CT molecular complexity index is 604. The molecule has 2 aromatic rings. The summed E-state index contributed by atoms with van der Waals surface area (Å²) in [5.74, 6) is 1.48. The maximum atomic E-state index is 9.53. The van der Waals surface area contributed by atoms with Gasteiger partial charge in [-0.1, -0.05) is 17.3 Å². The number of aliphatic hydroxyl groups is 1. The third-order valence-electron chi connectivity index (χ3n) is 2.61. The van der Waals surface area contributed by atoms with Crippen molar-refractivity contribution in [3.05, 3.63) is 30.2 Å². The fourth-order valence-corrected chi connectivity index (χ4v) is 1.73. The molecule has 1 aromatic heterocycles. The van der Waals surface area contributed by atoms with Crippen molar-refractivity contribution in [2.45, 2.75) is 25.9 Å². The lowest BCUT2D eigenvalue weighted by atomic mass is 10.2. The van der Waals surface area contributed by atoms with Crippen LogP contribution in [-0.4, -0.2) is 28.0 Å². The van der Waals surface area contributed by atoms with Gasteiger partial charge in [-0.25, -0.2) is 0 Å². The van der Waals surface area contributed by atoms with Crippen molar-refractivity contribution in [1.29, 1.82) is 5.26 Å². The minimum Gasteiger partial charge on any atom is -0.494 e. The first-order valence-corrected chi connectivity index (χ1v) is 6.33. The quantitative estimate of drug-likeness (QED) is 0.864. The molecule has 0 aliphatic carbocycles. The SMILES string of the molecule is CCOc1cccc(-c2noc(CC(O)CC#N)n2)c1. The molecule has 2 rings (SSSR count). The zero-order chi connectivity index (χ0) is 14.4. The predicted octanol–water partition coefficient (Wildman–Crippen LogP) is 1.95. The van der Waals surface area contributed by atoms with Gasteiger partial charge in [0, 0.05) is 5.56 Å². The second-order valence-corrected chi connectivity index (χ2v) is 4.19. The van der Waals surface area contributed by atoms with Crippen molar-refractivity contribution in [3.63, 3.8) is 0 Å². The number of ether oxygens (including phenoxy) is 1. The molecule has 0 aliphatic heterocycles. The molecule has 1 aromatic carbocycles. The van der Waals surface area contributed by atoms with Crippen LogP contribution in [0.3, 0.4) is 0 Å². The lowest BCUT2D eigenvalue weighted by molar-refractivity contribution is 0.167. The summed E-state index contributed by atoms with van der Waals surface area (Å²) in [4.78, 5) is 4.20. The number of benzene rings is 1. The monoisotopic (exact) mass is 273 g/mol. The van der Waals surface area contributed by atoms with E-state index in [9.17, 15) is 5.11 Å². The van der Waals surface area contributed by atoms with Crippen LogP contribution < -0.4 is 4.74 Å². The number of aromatic nitrogens is 2. The molecule has 0 spiro atoms. The molecule has 0 amide bonds. The Hall–Kier alpha value is -2.39. The van der Waals surface area contributed by atoms with Crippen LogP contribution >= 0.6 is 0 Å². The summed E-state index contributed by atoms with van der Waals surface area (Å²) >= 11 is 0. The first-order chi connectivity index (χ1) is 9.72. The Morgan fingerprint density at radius 2 is 2.35 bits per heavy atom. The normalized spacial score (nSPS) is 11.8. The molecule has 1 atom stereocenters. The van der Waals surface area contributed by atoms with Crippen molar-refractivity contribution >= 4 is 0 Å². The zero-order valence-corrected chi connectivity index (χ0v) is 11.1. The Labute approximate surface area is 116 Å². The van der Waals surface area contributed by atoms with Crippen LogP contribution in [0.25, 0.3) is 11.4 Å². The summed E-state index contributed by atoms with van der Waals surface area (Å²) in [6.07, 6.45) is -0.577. The number of hydrogen-bond acceptors (Lipinski definition) is 6. The van der Waals surface area contributed by atoms with Gasteiger partial charge in [0.05, 0.1) is 31.6 Å². The van der Waals surface area contributed by atoms with E-state index in [0.717, 1.165) is 11.3 Å². The smallest absolute Gasteiger partial charge is 0.229 e. The largest absolute Gasteiger partial charge is 0.494 e. The number of hydrogen-bond donors (Lipinski definition) is 1. The standard InChI is InChI=1S/C14H15N3O3/c1-2-19-12-5-3-4-10(8-12)14-16-13(20-17-14)9-11(18)6-7-15/h3-5,8,11,18H,2,6,9H2,1H3. The van der Waals surface area contributed by atoms with Crippen molar-refractivity contribution in [2.75, 3.05) is 6.61 Å². The molecular formula is C14H15N3O3. The van der Waals surface area contributed by atoms with E-state index in [1.807, 2.05) is 37.3 Å². The molecule has 1 N–H and O–H groups in total. The van der Waals surface area contributed by atoms with Gasteiger partial charge in [0.25, 0.3) is 0 Å². The molecular weight excluding hydrogens is 258 g/mol. The van der Waals surface area contributed by atoms with Crippen LogP contribution in [-0.2, 0) is 6.42 Å². The van der Waals surface area contributed by atoms with Gasteiger partial charge < -0.3 is 14.4 Å². The van der Waals surface area contributed by atoms with Crippen LogP contribution in [0, 0.1) is 11.3 Å². The maximum Gasteiger partial charge on any atom is 0.229 e. The summed E-state index contributed by atoms with van der Waals surface area (Å²) in [6.45, 7) is 2.50. The summed E-state index contributed by atoms with van der Waals surface area (Å²) in [7, 11) is 0. The molecule has 0 radical (unpaired) electrons. The third-order valence-corrected chi connectivity index (χ3v) is 2.61. The van der Waals surface area contributed by atoms with E-state index >= 15 is 0 Å². The topological polar surface area (TPSA) is 92.2 Å². The lowest BCUT2D eigenvalue weighted by Crippen LogP contribution is -2.09. The van der Waals surface area contributed by atoms with Crippen molar-refractivity contribution < 1.29 is 14.4 Å². The highest BCUT2D eigenvalue weighted by Gasteiger charge is 2.13. The second-order valence-electron chi connectivity index (χ2n) is 4.19. The molecule has 0 saturated heterocycles. The van der Waals surface area contributed by atoms with E-state index in [4.69, 9.17) is 14.5 Å². The summed E-state index contributed by atoms with van der Waals surface area (Å²) in [5, 5.41) is 21.9. The second kappa shape index (κ2) is 6.68. The van der Waals surface area contributed by atoms with Gasteiger partial charge in [-0.3, -0.25) is 0 Å². The highest BCUT2D eigenvalue weighted by Crippen LogP contribution is 2.21. The van der Waals surface area contributed by atoms with Gasteiger partial charge in [0.1, 0.15) is 5.75 Å². The van der Waals surface area contributed by atoms with Crippen LogP contribution in [0.15, 0.2) is 28.8 Å². The van der Waals surface area contributed by atoms with E-state index in [1.54, 1.807) is 0 Å². The number of aliphatic hydroxyl groups excluding tert-OH is 1. The minimum absolute atomic E-state index is 0.0392. The lowest BCUT2D eigenvalue weighted by Gasteiger charge is -2.03. The van der Waals surface area contributed by atoms with E-state index in [2.05, 4.69) is 10.1 Å². The molecule has 104 valence electrons. The van der Waals surface area contributed by atoms with Gasteiger partial charge in [-0.15, -0.1) is 0 Å². The number of rotatable bonds is 6. The van der Waals surface area contributed by atoms with Gasteiger partial charge in [-0.05, 0) is 19.1 Å². The van der Waals surface area contributed by atoms with E-state index in [1.165, 1.54) is 0 Å². The van der Waals surface area contributed by atoms with E-state index < -0.39 is 6.10 Å². The molecule has 0 bridgehead atoms. The molecule has 20 heavy (non-hydrogen) atoms. The molecule has 0 fully saturated rings. The molecule has 6 nitrogen and oxygen atoms in total. The van der Waals surface area contributed by atoms with Crippen LogP contribution in [0.4, 0.5) is 0 Å². The fourth-order valence-electron chi connectivity index (χ4n) is 1.73. The van der Waals surface area contributed by atoms with Gasteiger partial charge >= 0.3 is 0 Å². The first-order valence-electron chi connectivity index (χ1n) is 6.33. The minimum atomic E-state index is -0.789. The zero-order valence-electron chi connectivity index (χ0n) is 11.1. The predicted molar refractivity (Wildman–Crippen MR) is 70.8 cm³/mol. The first kappa shape index (κ1) is 14.0. The average molecular weight is 273 g/mol. The van der Waals surface area contributed by atoms with Crippen molar-refractivity contribution in [1.82, 2.24) is 10.1 Å². The maximum absolute atomic E-state index is 9.53. The number of nitriles is 1. The molecule has 0 saturated carbocycles. The van der Waals surface area contributed by atoms with Gasteiger partial charge in [0.2, 0.25) is 11.7 Å². The van der Waals surface area contributed by atoms with E-state index in [-0.39, 0.29) is 12.8 Å². The highest BCUT2D eigenvalue weighted by molar-refractivity contribution is 5.56. The van der Waals surface area contributed by atoms with E-state index in [0.29, 0.717) is 18.3 Å². The Morgan fingerprint density at radius 1 is 1.50 bits per heavy atom. The van der Waals surface area contributed by atoms with Crippen LogP contribution in [0.2, 0.25) is 0 Å². The summed E-state index contributed by atoms with van der Waals surface area (Å²) in [6, 6.07) is 9.26. The third kappa shape index (κ3) is 3.56.